The topological polar surface area (TPSA) is 51.6 Å². The van der Waals surface area contributed by atoms with Crippen LogP contribution in [0.15, 0.2) is 15.4 Å². The predicted octanol–water partition coefficient (Wildman–Crippen LogP) is 3.74. The molecule has 0 aliphatic carbocycles. The molecule has 0 aliphatic heterocycles. The highest BCUT2D eigenvalue weighted by molar-refractivity contribution is 8.01. The Morgan fingerprint density at radius 3 is 2.50 bits per heavy atom. The third-order valence-electron chi connectivity index (χ3n) is 2.04. The predicted molar refractivity (Wildman–Crippen MR) is 74.5 cm³/mol. The minimum absolute atomic E-state index is 0.128. The normalized spacial score (nSPS) is 11.8. The number of hydrogen-bond donors (Lipinski definition) is 0. The summed E-state index contributed by atoms with van der Waals surface area (Å²) in [4.78, 5) is 8.78. The first-order valence-electron chi connectivity index (χ1n) is 5.37. The third kappa shape index (κ3) is 3.40. The zero-order valence-corrected chi connectivity index (χ0v) is 12.9. The molecule has 0 atom stereocenters. The molecule has 0 spiro atoms. The molecule has 2 rings (SSSR count). The van der Waals surface area contributed by atoms with Gasteiger partial charge in [0.1, 0.15) is 21.0 Å². The van der Waals surface area contributed by atoms with E-state index in [0.29, 0.717) is 5.15 Å². The van der Waals surface area contributed by atoms with Crippen LogP contribution in [0.25, 0.3) is 0 Å². The molecular weight excluding hydrogens is 288 g/mol. The Balaban J connectivity index is 2.31. The molecule has 2 heterocycles. The molecular formula is C11H13ClN4S2. The average molecular weight is 301 g/mol. The van der Waals surface area contributed by atoms with Crippen LogP contribution in [0.1, 0.15) is 31.6 Å². The molecule has 0 aromatic carbocycles. The Labute approximate surface area is 119 Å². The molecule has 2 aromatic rings. The van der Waals surface area contributed by atoms with Crippen molar-refractivity contribution < 1.29 is 0 Å². The summed E-state index contributed by atoms with van der Waals surface area (Å²) in [5.41, 5.74) is -0.128. The van der Waals surface area contributed by atoms with E-state index in [9.17, 15) is 0 Å². The smallest absolute Gasteiger partial charge is 0.180 e. The van der Waals surface area contributed by atoms with Crippen LogP contribution in [-0.4, -0.2) is 20.2 Å². The maximum atomic E-state index is 6.03. The highest BCUT2D eigenvalue weighted by Crippen LogP contribution is 2.31. The van der Waals surface area contributed by atoms with Gasteiger partial charge in [-0.3, -0.25) is 0 Å². The lowest BCUT2D eigenvalue weighted by Crippen LogP contribution is -2.16. The van der Waals surface area contributed by atoms with Gasteiger partial charge in [0.25, 0.3) is 0 Å². The van der Waals surface area contributed by atoms with Crippen molar-refractivity contribution in [1.82, 2.24) is 20.2 Å². The van der Waals surface area contributed by atoms with Gasteiger partial charge in [-0.2, -0.15) is 0 Å². The number of rotatable bonds is 2. The van der Waals surface area contributed by atoms with Gasteiger partial charge in [-0.1, -0.05) is 43.7 Å². The third-order valence-corrected chi connectivity index (χ3v) is 4.04. The van der Waals surface area contributed by atoms with E-state index in [2.05, 4.69) is 40.9 Å². The average Bonchev–Trinajstić information content (AvgIpc) is 2.61. The van der Waals surface area contributed by atoms with Gasteiger partial charge in [-0.25, -0.2) is 9.97 Å². The molecule has 0 fully saturated rings. The molecule has 0 amide bonds. The van der Waals surface area contributed by atoms with Gasteiger partial charge in [0.2, 0.25) is 0 Å². The van der Waals surface area contributed by atoms with E-state index >= 15 is 0 Å². The van der Waals surface area contributed by atoms with Crippen LogP contribution in [0, 0.1) is 6.92 Å². The Bertz CT molecular complexity index is 562. The number of halogens is 1. The number of aryl methyl sites for hydroxylation is 1. The molecule has 0 unspecified atom stereocenters. The van der Waals surface area contributed by atoms with Gasteiger partial charge in [-0.15, -0.1) is 10.2 Å². The van der Waals surface area contributed by atoms with Gasteiger partial charge in [0.05, 0.1) is 0 Å². The number of aromatic nitrogens is 4. The number of nitrogens with zero attached hydrogens (tertiary/aromatic N) is 4. The van der Waals surface area contributed by atoms with Crippen LogP contribution < -0.4 is 0 Å². The van der Waals surface area contributed by atoms with E-state index < -0.39 is 0 Å². The molecule has 7 heteroatoms. The second-order valence-corrected chi connectivity index (χ2v) is 7.63. The second kappa shape index (κ2) is 5.11. The summed E-state index contributed by atoms with van der Waals surface area (Å²) in [5.74, 6) is 0.735. The Morgan fingerprint density at radius 2 is 1.94 bits per heavy atom. The molecule has 0 bridgehead atoms. The van der Waals surface area contributed by atoms with Crippen LogP contribution in [0.5, 0.6) is 0 Å². The highest BCUT2D eigenvalue weighted by Gasteiger charge is 2.19. The molecule has 0 radical (unpaired) electrons. The zero-order chi connectivity index (χ0) is 13.3. The summed E-state index contributed by atoms with van der Waals surface area (Å²) in [5, 5.41) is 10.2. The SMILES string of the molecule is Cc1nnc(Sc2cc(Cl)nc(C(C)(C)C)n2)s1. The maximum absolute atomic E-state index is 6.03. The fourth-order valence-electron chi connectivity index (χ4n) is 1.19. The summed E-state index contributed by atoms with van der Waals surface area (Å²) >= 11 is 9.03. The van der Waals surface area contributed by atoms with E-state index in [4.69, 9.17) is 11.6 Å². The Hall–Kier alpha value is -0.720. The van der Waals surface area contributed by atoms with Crippen molar-refractivity contribution >= 4 is 34.7 Å². The summed E-state index contributed by atoms with van der Waals surface area (Å²) in [7, 11) is 0. The van der Waals surface area contributed by atoms with Gasteiger partial charge in [-0.05, 0) is 18.7 Å². The first-order chi connectivity index (χ1) is 8.34. The summed E-state index contributed by atoms with van der Waals surface area (Å²) in [6.07, 6.45) is 0. The lowest BCUT2D eigenvalue weighted by Gasteiger charge is -2.16. The molecule has 2 aromatic heterocycles. The molecule has 18 heavy (non-hydrogen) atoms. The standard InChI is InChI=1S/C11H13ClN4S2/c1-6-15-16-10(17-6)18-8-5-7(12)13-9(14-8)11(2,3)4/h5H,1-4H3. The van der Waals surface area contributed by atoms with Crippen molar-refractivity contribution in [1.29, 1.82) is 0 Å². The van der Waals surface area contributed by atoms with Crippen molar-refractivity contribution in [2.24, 2.45) is 0 Å². The van der Waals surface area contributed by atoms with E-state index in [0.717, 1.165) is 20.2 Å². The van der Waals surface area contributed by atoms with Crippen LogP contribution in [0.2, 0.25) is 5.15 Å². The highest BCUT2D eigenvalue weighted by atomic mass is 35.5. The zero-order valence-electron chi connectivity index (χ0n) is 10.6. The molecule has 96 valence electrons. The fraction of sp³-hybridized carbons (Fsp3) is 0.455. The van der Waals surface area contributed by atoms with Crippen molar-refractivity contribution in [3.05, 3.63) is 22.1 Å². The lowest BCUT2D eigenvalue weighted by molar-refractivity contribution is 0.538. The van der Waals surface area contributed by atoms with Gasteiger partial charge in [0, 0.05) is 11.5 Å². The van der Waals surface area contributed by atoms with E-state index in [1.54, 1.807) is 6.07 Å². The Morgan fingerprint density at radius 1 is 1.22 bits per heavy atom. The molecule has 0 aliphatic rings. The van der Waals surface area contributed by atoms with Gasteiger partial charge in [0.15, 0.2) is 4.34 Å². The molecule has 4 nitrogen and oxygen atoms in total. The fourth-order valence-corrected chi connectivity index (χ4v) is 3.21. The van der Waals surface area contributed by atoms with Crippen LogP contribution in [0.3, 0.4) is 0 Å². The van der Waals surface area contributed by atoms with Gasteiger partial charge < -0.3 is 0 Å². The summed E-state index contributed by atoms with van der Waals surface area (Å²) in [6.45, 7) is 8.10. The molecule has 0 saturated carbocycles. The van der Waals surface area contributed by atoms with Gasteiger partial charge >= 0.3 is 0 Å². The minimum Gasteiger partial charge on any atom is -0.225 e. The molecule has 0 N–H and O–H groups in total. The monoisotopic (exact) mass is 300 g/mol. The second-order valence-electron chi connectivity index (χ2n) is 4.79. The Kier molecular flexibility index (Phi) is 3.89. The first kappa shape index (κ1) is 13.7. The summed E-state index contributed by atoms with van der Waals surface area (Å²) in [6, 6.07) is 1.75. The van der Waals surface area contributed by atoms with Crippen molar-refractivity contribution in [2.45, 2.75) is 42.5 Å². The summed E-state index contributed by atoms with van der Waals surface area (Å²) < 4.78 is 0.863. The van der Waals surface area contributed by atoms with Crippen molar-refractivity contribution in [3.8, 4) is 0 Å². The van der Waals surface area contributed by atoms with Crippen molar-refractivity contribution in [3.63, 3.8) is 0 Å². The van der Waals surface area contributed by atoms with Crippen LogP contribution in [-0.2, 0) is 5.41 Å². The number of hydrogen-bond acceptors (Lipinski definition) is 6. The molecule has 0 saturated heterocycles. The van der Waals surface area contributed by atoms with E-state index in [1.165, 1.54) is 23.1 Å². The van der Waals surface area contributed by atoms with Crippen molar-refractivity contribution in [2.75, 3.05) is 0 Å². The lowest BCUT2D eigenvalue weighted by atomic mass is 9.96. The van der Waals surface area contributed by atoms with Crippen LogP contribution >= 0.6 is 34.7 Å². The van der Waals surface area contributed by atoms with E-state index in [-0.39, 0.29) is 5.41 Å². The first-order valence-corrected chi connectivity index (χ1v) is 7.39. The largest absolute Gasteiger partial charge is 0.225 e. The minimum atomic E-state index is -0.128. The quantitative estimate of drug-likeness (QED) is 0.791. The van der Waals surface area contributed by atoms with Crippen LogP contribution in [0.4, 0.5) is 0 Å². The maximum Gasteiger partial charge on any atom is 0.180 e. The van der Waals surface area contributed by atoms with E-state index in [1.807, 2.05) is 6.92 Å².